The van der Waals surface area contributed by atoms with Gasteiger partial charge in [-0.2, -0.15) is 0 Å². The number of fused-ring (bicyclic) bond motifs is 1. The summed E-state index contributed by atoms with van der Waals surface area (Å²) in [5, 5.41) is 3.19. The highest BCUT2D eigenvalue weighted by Gasteiger charge is 2.26. The number of anilines is 1. The van der Waals surface area contributed by atoms with E-state index in [1.165, 1.54) is 62.7 Å². The van der Waals surface area contributed by atoms with Gasteiger partial charge in [-0.3, -0.25) is 9.69 Å². The highest BCUT2D eigenvalue weighted by molar-refractivity contribution is 5.92. The summed E-state index contributed by atoms with van der Waals surface area (Å²) in [4.78, 5) is 15.2. The zero-order valence-corrected chi connectivity index (χ0v) is 14.7. The Balaban J connectivity index is 1.40. The van der Waals surface area contributed by atoms with E-state index >= 15 is 0 Å². The molecule has 3 heteroatoms. The largest absolute Gasteiger partial charge is 0.326 e. The third-order valence-corrected chi connectivity index (χ3v) is 6.38. The van der Waals surface area contributed by atoms with Gasteiger partial charge < -0.3 is 5.32 Å². The topological polar surface area (TPSA) is 32.3 Å². The van der Waals surface area contributed by atoms with Gasteiger partial charge in [-0.1, -0.05) is 31.7 Å². The van der Waals surface area contributed by atoms with Crippen molar-refractivity contribution in [3.63, 3.8) is 0 Å². The van der Waals surface area contributed by atoms with E-state index < -0.39 is 0 Å². The minimum Gasteiger partial charge on any atom is -0.326 e. The van der Waals surface area contributed by atoms with Gasteiger partial charge in [0.15, 0.2) is 0 Å². The van der Waals surface area contributed by atoms with E-state index in [9.17, 15) is 4.79 Å². The van der Waals surface area contributed by atoms with Crippen molar-refractivity contribution in [3.8, 4) is 0 Å². The van der Waals surface area contributed by atoms with Gasteiger partial charge in [0.1, 0.15) is 0 Å². The molecule has 0 spiro atoms. The second kappa shape index (κ2) is 7.26. The van der Waals surface area contributed by atoms with Crippen LogP contribution in [-0.2, 0) is 17.6 Å². The fraction of sp³-hybridized carbons (Fsp3) is 0.667. The second-order valence-electron chi connectivity index (χ2n) is 7.93. The summed E-state index contributed by atoms with van der Waals surface area (Å²) in [7, 11) is 0. The van der Waals surface area contributed by atoms with Gasteiger partial charge in [0, 0.05) is 30.7 Å². The molecular formula is C21H30N2O. The van der Waals surface area contributed by atoms with Crippen LogP contribution in [0.25, 0.3) is 0 Å². The van der Waals surface area contributed by atoms with Gasteiger partial charge in [-0.25, -0.2) is 0 Å². The first-order valence-electron chi connectivity index (χ1n) is 9.96. The van der Waals surface area contributed by atoms with Gasteiger partial charge in [-0.15, -0.1) is 0 Å². The predicted octanol–water partition coefficient (Wildman–Crippen LogP) is 4.16. The van der Waals surface area contributed by atoms with E-state index in [-0.39, 0.29) is 11.8 Å². The molecule has 0 aromatic heterocycles. The molecule has 1 aromatic rings. The summed E-state index contributed by atoms with van der Waals surface area (Å²) in [6.07, 6.45) is 12.3. The number of hydrogen-bond acceptors (Lipinski definition) is 2. The predicted molar refractivity (Wildman–Crippen MR) is 98.3 cm³/mol. The molecule has 0 unspecified atom stereocenters. The van der Waals surface area contributed by atoms with Crippen molar-refractivity contribution in [1.29, 1.82) is 0 Å². The number of benzene rings is 1. The first kappa shape index (κ1) is 16.1. The molecule has 1 aromatic carbocycles. The Morgan fingerprint density at radius 2 is 1.67 bits per heavy atom. The lowest BCUT2D eigenvalue weighted by molar-refractivity contribution is -0.120. The molecule has 130 valence electrons. The van der Waals surface area contributed by atoms with Crippen molar-refractivity contribution in [2.45, 2.75) is 70.3 Å². The first-order valence-corrected chi connectivity index (χ1v) is 9.96. The van der Waals surface area contributed by atoms with Gasteiger partial charge in [0.05, 0.1) is 0 Å². The molecule has 1 heterocycles. The van der Waals surface area contributed by atoms with E-state index in [2.05, 4.69) is 28.4 Å². The molecule has 2 aliphatic carbocycles. The molecule has 2 saturated carbocycles. The number of nitrogens with zero attached hydrogens (tertiary/aromatic N) is 1. The third kappa shape index (κ3) is 3.51. The Bertz CT molecular complexity index is 588. The number of carbonyl (C=O) groups is 1. The van der Waals surface area contributed by atoms with Gasteiger partial charge >= 0.3 is 0 Å². The average molecular weight is 326 g/mol. The molecule has 2 fully saturated rings. The molecule has 3 nitrogen and oxygen atoms in total. The number of rotatable bonds is 3. The minimum atomic E-state index is 0.228. The summed E-state index contributed by atoms with van der Waals surface area (Å²) in [5.41, 5.74) is 3.92. The van der Waals surface area contributed by atoms with E-state index in [0.717, 1.165) is 37.4 Å². The zero-order valence-electron chi connectivity index (χ0n) is 14.7. The number of hydrogen-bond donors (Lipinski definition) is 1. The quantitative estimate of drug-likeness (QED) is 0.904. The minimum absolute atomic E-state index is 0.228. The third-order valence-electron chi connectivity index (χ3n) is 6.38. The van der Waals surface area contributed by atoms with E-state index in [1.54, 1.807) is 0 Å². The standard InChI is InChI=1S/C21H30N2O/c24-21(17-5-2-1-3-6-17)22-19-10-9-16-11-13-23(20-7-4-8-20)14-12-18(16)15-19/h9-10,15,17,20H,1-8,11-14H2,(H,22,24). The summed E-state index contributed by atoms with van der Waals surface area (Å²) in [5.74, 6) is 0.464. The van der Waals surface area contributed by atoms with E-state index in [4.69, 9.17) is 0 Å². The highest BCUT2D eigenvalue weighted by Crippen LogP contribution is 2.29. The van der Waals surface area contributed by atoms with Crippen molar-refractivity contribution in [2.75, 3.05) is 18.4 Å². The molecule has 1 aliphatic heterocycles. The van der Waals surface area contributed by atoms with Crippen LogP contribution < -0.4 is 5.32 Å². The van der Waals surface area contributed by atoms with Crippen molar-refractivity contribution < 1.29 is 4.79 Å². The lowest BCUT2D eigenvalue weighted by Crippen LogP contribution is -2.41. The number of nitrogens with one attached hydrogen (secondary N) is 1. The summed E-state index contributed by atoms with van der Waals surface area (Å²) < 4.78 is 0. The van der Waals surface area contributed by atoms with Crippen LogP contribution in [0.4, 0.5) is 5.69 Å². The monoisotopic (exact) mass is 326 g/mol. The van der Waals surface area contributed by atoms with Crippen LogP contribution in [0.1, 0.15) is 62.5 Å². The Labute approximate surface area is 145 Å². The fourth-order valence-corrected chi connectivity index (χ4v) is 4.55. The molecule has 4 rings (SSSR count). The van der Waals surface area contributed by atoms with Crippen LogP contribution in [0.2, 0.25) is 0 Å². The lowest BCUT2D eigenvalue weighted by Gasteiger charge is -2.36. The van der Waals surface area contributed by atoms with E-state index in [1.807, 2.05) is 0 Å². The van der Waals surface area contributed by atoms with Crippen LogP contribution in [0.3, 0.4) is 0 Å². The van der Waals surface area contributed by atoms with E-state index in [0.29, 0.717) is 0 Å². The summed E-state index contributed by atoms with van der Waals surface area (Å²) in [6, 6.07) is 7.43. The second-order valence-corrected chi connectivity index (χ2v) is 7.93. The highest BCUT2D eigenvalue weighted by atomic mass is 16.1. The Hall–Kier alpha value is -1.35. The maximum Gasteiger partial charge on any atom is 0.227 e. The smallest absolute Gasteiger partial charge is 0.227 e. The zero-order chi connectivity index (χ0) is 16.4. The normalized spacial score (nSPS) is 23.2. The molecule has 1 N–H and O–H groups in total. The first-order chi connectivity index (χ1) is 11.8. The molecule has 0 atom stereocenters. The molecule has 1 amide bonds. The molecular weight excluding hydrogens is 296 g/mol. The SMILES string of the molecule is O=C(Nc1ccc2c(c1)CCN(C1CCC1)CC2)C1CCCCC1. The number of amides is 1. The number of carbonyl (C=O) groups excluding carboxylic acids is 1. The fourth-order valence-electron chi connectivity index (χ4n) is 4.55. The molecule has 0 radical (unpaired) electrons. The van der Waals surface area contributed by atoms with Gasteiger partial charge in [-0.05, 0) is 61.8 Å². The van der Waals surface area contributed by atoms with Gasteiger partial charge in [0.25, 0.3) is 0 Å². The van der Waals surface area contributed by atoms with Crippen LogP contribution in [0.5, 0.6) is 0 Å². The van der Waals surface area contributed by atoms with Gasteiger partial charge in [0.2, 0.25) is 5.91 Å². The van der Waals surface area contributed by atoms with Crippen molar-refractivity contribution in [3.05, 3.63) is 29.3 Å². The summed E-state index contributed by atoms with van der Waals surface area (Å²) >= 11 is 0. The average Bonchev–Trinajstić information content (AvgIpc) is 2.77. The Kier molecular flexibility index (Phi) is 4.88. The molecule has 24 heavy (non-hydrogen) atoms. The van der Waals surface area contributed by atoms with Crippen LogP contribution in [-0.4, -0.2) is 29.9 Å². The Morgan fingerprint density at radius 3 is 2.38 bits per heavy atom. The van der Waals surface area contributed by atoms with Crippen LogP contribution in [0.15, 0.2) is 18.2 Å². The van der Waals surface area contributed by atoms with Crippen molar-refractivity contribution in [2.24, 2.45) is 5.92 Å². The molecule has 0 bridgehead atoms. The van der Waals surface area contributed by atoms with Crippen LogP contribution in [0, 0.1) is 5.92 Å². The molecule has 0 saturated heterocycles. The summed E-state index contributed by atoms with van der Waals surface area (Å²) in [6.45, 7) is 2.38. The lowest BCUT2D eigenvalue weighted by atomic mass is 9.88. The maximum absolute atomic E-state index is 12.5. The van der Waals surface area contributed by atoms with Crippen molar-refractivity contribution in [1.82, 2.24) is 4.90 Å². The molecule has 3 aliphatic rings. The Morgan fingerprint density at radius 1 is 0.917 bits per heavy atom. The van der Waals surface area contributed by atoms with Crippen LogP contribution >= 0.6 is 0 Å². The maximum atomic E-state index is 12.5. The van der Waals surface area contributed by atoms with Crippen molar-refractivity contribution >= 4 is 11.6 Å².